The number of nitrogen functional groups attached to an aromatic ring is 1. The summed E-state index contributed by atoms with van der Waals surface area (Å²) in [6.07, 6.45) is 0.950. The van der Waals surface area contributed by atoms with Gasteiger partial charge in [-0.1, -0.05) is 66.2 Å². The van der Waals surface area contributed by atoms with Crippen LogP contribution in [-0.2, 0) is 13.0 Å². The number of aryl methyl sites for hydroxylation is 1. The molecule has 1 aliphatic rings. The number of rotatable bonds is 3. The van der Waals surface area contributed by atoms with Crippen molar-refractivity contribution in [3.05, 3.63) is 89.5 Å². The maximum absolute atomic E-state index is 6.63. The molecule has 28 heavy (non-hydrogen) atoms. The van der Waals surface area contributed by atoms with Crippen LogP contribution in [0.2, 0.25) is 0 Å². The third-order valence-corrected chi connectivity index (χ3v) is 5.64. The molecule has 1 aliphatic heterocycles. The van der Waals surface area contributed by atoms with Gasteiger partial charge in [0, 0.05) is 29.7 Å². The molecule has 0 fully saturated rings. The van der Waals surface area contributed by atoms with Gasteiger partial charge in [0.1, 0.15) is 5.82 Å². The first-order chi connectivity index (χ1) is 13.7. The van der Waals surface area contributed by atoms with Gasteiger partial charge in [-0.15, -0.1) is 0 Å². The number of nitrogens with zero attached hydrogens (tertiary/aromatic N) is 2. The molecule has 2 heterocycles. The molecule has 0 saturated heterocycles. The number of aromatic nitrogens is 1. The van der Waals surface area contributed by atoms with E-state index in [0.29, 0.717) is 0 Å². The summed E-state index contributed by atoms with van der Waals surface area (Å²) in [6.45, 7) is 3.94. The Balaban J connectivity index is 1.55. The second kappa shape index (κ2) is 6.68. The van der Waals surface area contributed by atoms with Crippen molar-refractivity contribution in [2.45, 2.75) is 19.9 Å². The fourth-order valence-corrected chi connectivity index (χ4v) is 4.06. The van der Waals surface area contributed by atoms with Crippen LogP contribution in [0.15, 0.2) is 72.8 Å². The van der Waals surface area contributed by atoms with E-state index in [0.717, 1.165) is 41.9 Å². The van der Waals surface area contributed by atoms with Crippen LogP contribution in [-0.4, -0.2) is 11.5 Å². The van der Waals surface area contributed by atoms with Crippen molar-refractivity contribution in [3.63, 3.8) is 0 Å². The lowest BCUT2D eigenvalue weighted by Crippen LogP contribution is -2.20. The van der Waals surface area contributed by atoms with Crippen LogP contribution in [0.3, 0.4) is 0 Å². The first-order valence-electron chi connectivity index (χ1n) is 9.77. The second-order valence-electron chi connectivity index (χ2n) is 7.58. The minimum absolute atomic E-state index is 0.868. The molecule has 0 atom stereocenters. The molecular weight excluding hydrogens is 342 g/mol. The van der Waals surface area contributed by atoms with E-state index < -0.39 is 0 Å². The average Bonchev–Trinajstić information content (AvgIpc) is 3.12. The zero-order chi connectivity index (χ0) is 19.1. The van der Waals surface area contributed by atoms with Gasteiger partial charge < -0.3 is 10.6 Å². The molecule has 4 aromatic rings. The van der Waals surface area contributed by atoms with E-state index >= 15 is 0 Å². The molecule has 3 aromatic carbocycles. The summed E-state index contributed by atoms with van der Waals surface area (Å²) in [4.78, 5) is 7.33. The maximum atomic E-state index is 6.63. The normalized spacial score (nSPS) is 13.1. The minimum Gasteiger partial charge on any atom is -0.398 e. The Labute approximate surface area is 165 Å². The summed E-state index contributed by atoms with van der Waals surface area (Å²) < 4.78 is 0. The van der Waals surface area contributed by atoms with Crippen LogP contribution in [0.25, 0.3) is 22.0 Å². The van der Waals surface area contributed by atoms with Gasteiger partial charge >= 0.3 is 0 Å². The minimum atomic E-state index is 0.868. The average molecular weight is 365 g/mol. The quantitative estimate of drug-likeness (QED) is 0.532. The fraction of sp³-hybridized carbons (Fsp3) is 0.160. The van der Waals surface area contributed by atoms with Gasteiger partial charge in [-0.25, -0.2) is 4.98 Å². The van der Waals surface area contributed by atoms with Crippen LogP contribution in [0.4, 0.5) is 11.5 Å². The molecule has 0 bridgehead atoms. The Hall–Kier alpha value is -3.33. The van der Waals surface area contributed by atoms with Crippen molar-refractivity contribution in [2.24, 2.45) is 0 Å². The first-order valence-corrected chi connectivity index (χ1v) is 9.77. The molecule has 0 unspecified atom stereocenters. The summed E-state index contributed by atoms with van der Waals surface area (Å²) in [6, 6.07) is 25.6. The van der Waals surface area contributed by atoms with Gasteiger partial charge in [0.05, 0.1) is 5.52 Å². The summed E-state index contributed by atoms with van der Waals surface area (Å²) in [5.41, 5.74) is 14.6. The van der Waals surface area contributed by atoms with Crippen LogP contribution >= 0.6 is 0 Å². The Kier molecular flexibility index (Phi) is 4.01. The molecule has 3 heteroatoms. The SMILES string of the molecule is Cc1ccc(-c2ccc3nc4c(c(N)c3c2)CCN4Cc2ccccc2)cc1. The van der Waals surface area contributed by atoms with E-state index in [9.17, 15) is 0 Å². The highest BCUT2D eigenvalue weighted by atomic mass is 15.2. The molecule has 2 N–H and O–H groups in total. The highest BCUT2D eigenvalue weighted by Gasteiger charge is 2.24. The highest BCUT2D eigenvalue weighted by Crippen LogP contribution is 2.37. The number of benzene rings is 3. The van der Waals surface area contributed by atoms with Gasteiger partial charge in [0.2, 0.25) is 0 Å². The Morgan fingerprint density at radius 1 is 0.929 bits per heavy atom. The van der Waals surface area contributed by atoms with Gasteiger partial charge in [-0.2, -0.15) is 0 Å². The van der Waals surface area contributed by atoms with Crippen molar-refractivity contribution in [1.29, 1.82) is 0 Å². The van der Waals surface area contributed by atoms with Crippen molar-refractivity contribution in [1.82, 2.24) is 4.98 Å². The van der Waals surface area contributed by atoms with Crippen molar-refractivity contribution in [2.75, 3.05) is 17.2 Å². The highest BCUT2D eigenvalue weighted by molar-refractivity contribution is 5.97. The summed E-state index contributed by atoms with van der Waals surface area (Å²) in [5.74, 6) is 1.04. The molecule has 138 valence electrons. The third-order valence-electron chi connectivity index (χ3n) is 5.64. The lowest BCUT2D eigenvalue weighted by Gasteiger charge is -2.19. The van der Waals surface area contributed by atoms with E-state index in [-0.39, 0.29) is 0 Å². The lowest BCUT2D eigenvalue weighted by molar-refractivity contribution is 0.827. The number of pyridine rings is 1. The van der Waals surface area contributed by atoms with Gasteiger partial charge in [-0.3, -0.25) is 0 Å². The van der Waals surface area contributed by atoms with Gasteiger partial charge in [0.25, 0.3) is 0 Å². The molecule has 3 nitrogen and oxygen atoms in total. The summed E-state index contributed by atoms with van der Waals surface area (Å²) >= 11 is 0. The Morgan fingerprint density at radius 2 is 1.68 bits per heavy atom. The number of nitrogens with two attached hydrogens (primary N) is 1. The Morgan fingerprint density at radius 3 is 2.46 bits per heavy atom. The zero-order valence-electron chi connectivity index (χ0n) is 16.0. The van der Waals surface area contributed by atoms with Gasteiger partial charge in [-0.05, 0) is 42.2 Å². The van der Waals surface area contributed by atoms with Gasteiger partial charge in [0.15, 0.2) is 0 Å². The summed E-state index contributed by atoms with van der Waals surface area (Å²) in [5, 5.41) is 1.05. The maximum Gasteiger partial charge on any atom is 0.134 e. The van der Waals surface area contributed by atoms with Crippen molar-refractivity contribution in [3.8, 4) is 11.1 Å². The van der Waals surface area contributed by atoms with Crippen molar-refractivity contribution < 1.29 is 0 Å². The third kappa shape index (κ3) is 2.89. The number of anilines is 2. The topological polar surface area (TPSA) is 42.1 Å². The molecular formula is C25H23N3. The Bertz CT molecular complexity index is 1150. The largest absolute Gasteiger partial charge is 0.398 e. The molecule has 0 amide bonds. The monoisotopic (exact) mass is 365 g/mol. The van der Waals surface area contributed by atoms with E-state index in [1.807, 2.05) is 0 Å². The number of fused-ring (bicyclic) bond motifs is 2. The zero-order valence-corrected chi connectivity index (χ0v) is 16.0. The lowest BCUT2D eigenvalue weighted by atomic mass is 10.00. The molecule has 0 radical (unpaired) electrons. The van der Waals surface area contributed by atoms with E-state index in [2.05, 4.69) is 84.6 Å². The van der Waals surface area contributed by atoms with Crippen LogP contribution < -0.4 is 10.6 Å². The predicted molar refractivity (Wildman–Crippen MR) is 118 cm³/mol. The molecule has 0 aliphatic carbocycles. The standard InChI is InChI=1S/C25H23N3/c1-17-7-9-19(10-8-17)20-11-12-23-22(15-20)24(26)21-13-14-28(25(21)27-23)16-18-5-3-2-4-6-18/h2-12,15H,13-14,16H2,1H3,(H2,26,27). The summed E-state index contributed by atoms with van der Waals surface area (Å²) in [7, 11) is 0. The molecule has 1 aromatic heterocycles. The fourth-order valence-electron chi connectivity index (χ4n) is 4.06. The predicted octanol–water partition coefficient (Wildman–Crippen LogP) is 5.36. The van der Waals surface area contributed by atoms with Crippen LogP contribution in [0, 0.1) is 6.92 Å². The van der Waals surface area contributed by atoms with E-state index in [1.54, 1.807) is 0 Å². The van der Waals surface area contributed by atoms with E-state index in [4.69, 9.17) is 10.7 Å². The molecule has 5 rings (SSSR count). The number of hydrogen-bond donors (Lipinski definition) is 1. The molecule has 0 saturated carbocycles. The van der Waals surface area contributed by atoms with Crippen molar-refractivity contribution >= 4 is 22.4 Å². The molecule has 0 spiro atoms. The van der Waals surface area contributed by atoms with Crippen LogP contribution in [0.5, 0.6) is 0 Å². The first kappa shape index (κ1) is 16.8. The second-order valence-corrected chi connectivity index (χ2v) is 7.58. The number of hydrogen-bond acceptors (Lipinski definition) is 3. The van der Waals surface area contributed by atoms with Crippen LogP contribution in [0.1, 0.15) is 16.7 Å². The van der Waals surface area contributed by atoms with E-state index in [1.165, 1.54) is 27.8 Å². The smallest absolute Gasteiger partial charge is 0.134 e.